The SMILES string of the molecule is CC(C)C[C@@H](N)C(=O)Nc1ccc(F)cc1I. The van der Waals surface area contributed by atoms with Crippen LogP contribution < -0.4 is 11.1 Å². The predicted octanol–water partition coefficient (Wildman–Crippen LogP) is 2.74. The van der Waals surface area contributed by atoms with Gasteiger partial charge in [-0.15, -0.1) is 0 Å². The van der Waals surface area contributed by atoms with Crippen LogP contribution in [0.15, 0.2) is 18.2 Å². The number of halogens is 2. The van der Waals surface area contributed by atoms with E-state index in [9.17, 15) is 9.18 Å². The molecule has 5 heteroatoms. The lowest BCUT2D eigenvalue weighted by Gasteiger charge is -2.14. The van der Waals surface area contributed by atoms with Gasteiger partial charge in [0, 0.05) is 3.57 Å². The van der Waals surface area contributed by atoms with Crippen molar-refractivity contribution in [2.24, 2.45) is 11.7 Å². The zero-order valence-corrected chi connectivity index (χ0v) is 12.0. The van der Waals surface area contributed by atoms with Crippen LogP contribution in [0.25, 0.3) is 0 Å². The van der Waals surface area contributed by atoms with Crippen LogP contribution in [0.5, 0.6) is 0 Å². The molecule has 0 aliphatic rings. The van der Waals surface area contributed by atoms with E-state index in [1.165, 1.54) is 18.2 Å². The topological polar surface area (TPSA) is 55.1 Å². The highest BCUT2D eigenvalue weighted by molar-refractivity contribution is 14.1. The summed E-state index contributed by atoms with van der Waals surface area (Å²) in [5, 5.41) is 2.70. The van der Waals surface area contributed by atoms with Crippen molar-refractivity contribution in [1.82, 2.24) is 0 Å². The maximum Gasteiger partial charge on any atom is 0.241 e. The number of amides is 1. The minimum absolute atomic E-state index is 0.233. The van der Waals surface area contributed by atoms with Gasteiger partial charge < -0.3 is 11.1 Å². The molecule has 0 spiro atoms. The molecule has 1 atom stereocenters. The highest BCUT2D eigenvalue weighted by atomic mass is 127. The molecule has 17 heavy (non-hydrogen) atoms. The van der Waals surface area contributed by atoms with Gasteiger partial charge in [-0.05, 0) is 53.1 Å². The van der Waals surface area contributed by atoms with Gasteiger partial charge in [-0.2, -0.15) is 0 Å². The Morgan fingerprint density at radius 1 is 1.53 bits per heavy atom. The van der Waals surface area contributed by atoms with Gasteiger partial charge in [0.25, 0.3) is 0 Å². The van der Waals surface area contributed by atoms with Crippen LogP contribution in [0, 0.1) is 15.3 Å². The van der Waals surface area contributed by atoms with Gasteiger partial charge in [0.1, 0.15) is 5.82 Å². The van der Waals surface area contributed by atoms with E-state index in [4.69, 9.17) is 5.73 Å². The maximum absolute atomic E-state index is 12.9. The fourth-order valence-corrected chi connectivity index (χ4v) is 2.04. The van der Waals surface area contributed by atoms with Crippen LogP contribution >= 0.6 is 22.6 Å². The second kappa shape index (κ2) is 6.30. The lowest BCUT2D eigenvalue weighted by molar-refractivity contribution is -0.117. The van der Waals surface area contributed by atoms with E-state index < -0.39 is 6.04 Å². The third-order valence-electron chi connectivity index (χ3n) is 2.25. The second-order valence-corrected chi connectivity index (χ2v) is 5.51. The summed E-state index contributed by atoms with van der Waals surface area (Å²) in [4.78, 5) is 11.8. The summed E-state index contributed by atoms with van der Waals surface area (Å²) in [5.41, 5.74) is 6.35. The summed E-state index contributed by atoms with van der Waals surface area (Å²) in [7, 11) is 0. The molecular weight excluding hydrogens is 334 g/mol. The molecule has 1 aromatic rings. The monoisotopic (exact) mass is 350 g/mol. The van der Waals surface area contributed by atoms with Crippen LogP contribution in [0.2, 0.25) is 0 Å². The van der Waals surface area contributed by atoms with Crippen LogP contribution in [0.4, 0.5) is 10.1 Å². The van der Waals surface area contributed by atoms with Crippen molar-refractivity contribution in [3.8, 4) is 0 Å². The van der Waals surface area contributed by atoms with Gasteiger partial charge in [-0.3, -0.25) is 4.79 Å². The molecule has 0 saturated heterocycles. The van der Waals surface area contributed by atoms with E-state index >= 15 is 0 Å². The molecule has 1 rings (SSSR count). The fraction of sp³-hybridized carbons (Fsp3) is 0.417. The van der Waals surface area contributed by atoms with E-state index in [0.29, 0.717) is 21.6 Å². The molecule has 3 nitrogen and oxygen atoms in total. The molecule has 0 radical (unpaired) electrons. The van der Waals surface area contributed by atoms with Gasteiger partial charge in [0.2, 0.25) is 5.91 Å². The Labute approximate surface area is 114 Å². The molecule has 0 unspecified atom stereocenters. The summed E-state index contributed by atoms with van der Waals surface area (Å²) in [6.07, 6.45) is 0.629. The van der Waals surface area contributed by atoms with E-state index in [1.54, 1.807) is 0 Å². The Morgan fingerprint density at radius 3 is 2.71 bits per heavy atom. The zero-order valence-electron chi connectivity index (χ0n) is 9.84. The molecule has 1 amide bonds. The van der Waals surface area contributed by atoms with Gasteiger partial charge in [-0.25, -0.2) is 4.39 Å². The molecule has 0 aliphatic heterocycles. The Kier molecular flexibility index (Phi) is 5.32. The van der Waals surface area contributed by atoms with E-state index in [1.807, 2.05) is 36.4 Å². The second-order valence-electron chi connectivity index (χ2n) is 4.35. The van der Waals surface area contributed by atoms with Crippen LogP contribution in [0.3, 0.4) is 0 Å². The molecule has 3 N–H and O–H groups in total. The van der Waals surface area contributed by atoms with Gasteiger partial charge >= 0.3 is 0 Å². The van der Waals surface area contributed by atoms with Crippen molar-refractivity contribution in [1.29, 1.82) is 0 Å². The first kappa shape index (κ1) is 14.4. The average molecular weight is 350 g/mol. The predicted molar refractivity (Wildman–Crippen MR) is 75.2 cm³/mol. The van der Waals surface area contributed by atoms with E-state index in [0.717, 1.165) is 0 Å². The van der Waals surface area contributed by atoms with Gasteiger partial charge in [0.05, 0.1) is 11.7 Å². The molecule has 0 saturated carbocycles. The number of nitrogens with two attached hydrogens (primary N) is 1. The molecular formula is C12H16FIN2O. The summed E-state index contributed by atoms with van der Waals surface area (Å²) < 4.78 is 13.5. The Morgan fingerprint density at radius 2 is 2.18 bits per heavy atom. The number of carbonyl (C=O) groups excluding carboxylic acids is 1. The third-order valence-corrected chi connectivity index (χ3v) is 3.14. The quantitative estimate of drug-likeness (QED) is 0.821. The third kappa shape index (κ3) is 4.59. The number of rotatable bonds is 4. The highest BCUT2D eigenvalue weighted by Gasteiger charge is 2.16. The first-order valence-electron chi connectivity index (χ1n) is 5.41. The fourth-order valence-electron chi connectivity index (χ4n) is 1.43. The largest absolute Gasteiger partial charge is 0.324 e. The zero-order chi connectivity index (χ0) is 13.0. The number of nitrogens with one attached hydrogen (secondary N) is 1. The first-order valence-corrected chi connectivity index (χ1v) is 6.49. The Bertz CT molecular complexity index is 409. The number of anilines is 1. The van der Waals surface area contributed by atoms with Crippen molar-refractivity contribution in [2.75, 3.05) is 5.32 Å². The van der Waals surface area contributed by atoms with Crippen LogP contribution in [-0.2, 0) is 4.79 Å². The minimum Gasteiger partial charge on any atom is -0.324 e. The summed E-state index contributed by atoms with van der Waals surface area (Å²) in [6.45, 7) is 4.02. The van der Waals surface area contributed by atoms with Gasteiger partial charge in [-0.1, -0.05) is 13.8 Å². The average Bonchev–Trinajstić information content (AvgIpc) is 2.21. The smallest absolute Gasteiger partial charge is 0.241 e. The Hall–Kier alpha value is -0.690. The first-order chi connectivity index (χ1) is 7.90. The van der Waals surface area contributed by atoms with E-state index in [-0.39, 0.29) is 11.7 Å². The molecule has 1 aromatic carbocycles. The molecule has 0 aromatic heterocycles. The van der Waals surface area contributed by atoms with Crippen molar-refractivity contribution in [3.05, 3.63) is 27.6 Å². The highest BCUT2D eigenvalue weighted by Crippen LogP contribution is 2.19. The van der Waals surface area contributed by atoms with Crippen molar-refractivity contribution in [2.45, 2.75) is 26.3 Å². The van der Waals surface area contributed by atoms with Gasteiger partial charge in [0.15, 0.2) is 0 Å². The normalized spacial score (nSPS) is 12.6. The summed E-state index contributed by atoms with van der Waals surface area (Å²) >= 11 is 1.97. The van der Waals surface area contributed by atoms with E-state index in [2.05, 4.69) is 5.32 Å². The number of hydrogen-bond acceptors (Lipinski definition) is 2. The number of benzene rings is 1. The van der Waals surface area contributed by atoms with Crippen LogP contribution in [0.1, 0.15) is 20.3 Å². The minimum atomic E-state index is -0.532. The number of hydrogen-bond donors (Lipinski definition) is 2. The molecule has 94 valence electrons. The van der Waals surface area contributed by atoms with Crippen molar-refractivity contribution < 1.29 is 9.18 Å². The molecule has 0 fully saturated rings. The maximum atomic E-state index is 12.9. The lowest BCUT2D eigenvalue weighted by atomic mass is 10.0. The standard InChI is InChI=1S/C12H16FIN2O/c1-7(2)5-10(15)12(17)16-11-4-3-8(13)6-9(11)14/h3-4,6-7,10H,5,15H2,1-2H3,(H,16,17)/t10-/m1/s1. The Balaban J connectivity index is 2.67. The van der Waals surface area contributed by atoms with Crippen LogP contribution in [-0.4, -0.2) is 11.9 Å². The lowest BCUT2D eigenvalue weighted by Crippen LogP contribution is -2.36. The number of carbonyl (C=O) groups is 1. The molecule has 0 aliphatic carbocycles. The van der Waals surface area contributed by atoms with Crippen molar-refractivity contribution >= 4 is 34.2 Å². The molecule has 0 heterocycles. The van der Waals surface area contributed by atoms with Crippen molar-refractivity contribution in [3.63, 3.8) is 0 Å². The summed E-state index contributed by atoms with van der Waals surface area (Å²) in [6, 6.07) is 3.68. The summed E-state index contributed by atoms with van der Waals surface area (Å²) in [5.74, 6) is -0.190. The molecule has 0 bridgehead atoms.